The molecule has 2 aromatic rings. The third-order valence-corrected chi connectivity index (χ3v) is 4.61. The average Bonchev–Trinajstić information content (AvgIpc) is 2.55. The van der Waals surface area contributed by atoms with Crippen LogP contribution in [0, 0.1) is 0 Å². The number of carbonyl (C=O) groups is 1. The maximum Gasteiger partial charge on any atom is 0.230 e. The number of nitrogens with one attached hydrogen (secondary N) is 1. The molecule has 0 aliphatic carbocycles. The summed E-state index contributed by atoms with van der Waals surface area (Å²) >= 11 is 7.45. The van der Waals surface area contributed by atoms with Gasteiger partial charge in [-0.3, -0.25) is 4.79 Å². The first-order chi connectivity index (χ1) is 11.0. The molecule has 5 heteroatoms. The normalized spacial score (nSPS) is 10.4. The summed E-state index contributed by atoms with van der Waals surface area (Å²) in [5, 5.41) is 3.68. The third-order valence-electron chi connectivity index (χ3n) is 3.36. The van der Waals surface area contributed by atoms with Crippen LogP contribution in [0.5, 0.6) is 0 Å². The summed E-state index contributed by atoms with van der Waals surface area (Å²) in [7, 11) is 4.02. The highest BCUT2D eigenvalue weighted by atomic mass is 35.5. The first kappa shape index (κ1) is 17.7. The summed E-state index contributed by atoms with van der Waals surface area (Å²) in [6, 6.07) is 15.9. The van der Waals surface area contributed by atoms with Crippen molar-refractivity contribution in [2.75, 3.05) is 24.7 Å². The van der Waals surface area contributed by atoms with Gasteiger partial charge >= 0.3 is 0 Å². The summed E-state index contributed by atoms with van der Waals surface area (Å²) in [4.78, 5) is 13.9. The number of thioether (sulfide) groups is 1. The van der Waals surface area contributed by atoms with Crippen molar-refractivity contribution in [3.05, 3.63) is 64.7 Å². The Morgan fingerprint density at radius 2 is 1.65 bits per heavy atom. The van der Waals surface area contributed by atoms with Crippen molar-refractivity contribution < 1.29 is 4.79 Å². The van der Waals surface area contributed by atoms with Crippen LogP contribution in [-0.4, -0.2) is 25.8 Å². The molecule has 0 radical (unpaired) electrons. The second-order valence-electron chi connectivity index (χ2n) is 5.46. The van der Waals surface area contributed by atoms with E-state index in [9.17, 15) is 4.79 Å². The van der Waals surface area contributed by atoms with Gasteiger partial charge in [0.2, 0.25) is 5.91 Å². The van der Waals surface area contributed by atoms with Crippen molar-refractivity contribution in [1.82, 2.24) is 5.32 Å². The summed E-state index contributed by atoms with van der Waals surface area (Å²) < 4.78 is 0. The molecule has 0 saturated carbocycles. The number of benzene rings is 2. The number of rotatable bonds is 7. The second-order valence-corrected chi connectivity index (χ2v) is 6.88. The van der Waals surface area contributed by atoms with Crippen molar-refractivity contribution in [1.29, 1.82) is 0 Å². The highest BCUT2D eigenvalue weighted by Gasteiger charge is 2.03. The van der Waals surface area contributed by atoms with Crippen molar-refractivity contribution in [3.8, 4) is 0 Å². The molecule has 1 N–H and O–H groups in total. The standard InChI is InChI=1S/C18H21ClN2OS/c1-21(2)17-9-5-14(6-10-17)11-20-18(22)13-23-12-15-3-7-16(19)8-4-15/h3-10H,11-13H2,1-2H3,(H,20,22). The van der Waals surface area contributed by atoms with Crippen LogP contribution in [-0.2, 0) is 17.1 Å². The highest BCUT2D eigenvalue weighted by Crippen LogP contribution is 2.15. The molecule has 0 aliphatic heterocycles. The SMILES string of the molecule is CN(C)c1ccc(CNC(=O)CSCc2ccc(Cl)cc2)cc1. The first-order valence-corrected chi connectivity index (χ1v) is 8.93. The Morgan fingerprint density at radius 3 is 2.26 bits per heavy atom. The summed E-state index contributed by atoms with van der Waals surface area (Å²) in [5.41, 5.74) is 3.43. The number of anilines is 1. The number of hydrogen-bond donors (Lipinski definition) is 1. The molecule has 0 unspecified atom stereocenters. The lowest BCUT2D eigenvalue weighted by Crippen LogP contribution is -2.24. The van der Waals surface area contributed by atoms with Gasteiger partial charge in [-0.15, -0.1) is 11.8 Å². The van der Waals surface area contributed by atoms with E-state index < -0.39 is 0 Å². The van der Waals surface area contributed by atoms with E-state index >= 15 is 0 Å². The summed E-state index contributed by atoms with van der Waals surface area (Å²) in [5.74, 6) is 1.32. The van der Waals surface area contributed by atoms with Crippen LogP contribution >= 0.6 is 23.4 Å². The van der Waals surface area contributed by atoms with E-state index in [1.165, 1.54) is 5.56 Å². The lowest BCUT2D eigenvalue weighted by molar-refractivity contribution is -0.118. The van der Waals surface area contributed by atoms with Gasteiger partial charge in [0.05, 0.1) is 5.75 Å². The zero-order chi connectivity index (χ0) is 16.7. The fourth-order valence-corrected chi connectivity index (χ4v) is 2.95. The predicted molar refractivity (Wildman–Crippen MR) is 100 cm³/mol. The highest BCUT2D eigenvalue weighted by molar-refractivity contribution is 7.99. The lowest BCUT2D eigenvalue weighted by atomic mass is 10.2. The number of amides is 1. The van der Waals surface area contributed by atoms with Gasteiger partial charge in [0.1, 0.15) is 0 Å². The van der Waals surface area contributed by atoms with E-state index in [4.69, 9.17) is 11.6 Å². The Morgan fingerprint density at radius 1 is 1.04 bits per heavy atom. The molecule has 0 bridgehead atoms. The van der Waals surface area contributed by atoms with E-state index in [0.717, 1.165) is 22.0 Å². The average molecular weight is 349 g/mol. The molecule has 0 aromatic heterocycles. The van der Waals surface area contributed by atoms with Crippen LogP contribution in [0.15, 0.2) is 48.5 Å². The largest absolute Gasteiger partial charge is 0.378 e. The molecule has 0 aliphatic rings. The molecule has 0 spiro atoms. The van der Waals surface area contributed by atoms with Crippen LogP contribution in [0.25, 0.3) is 0 Å². The second kappa shape index (κ2) is 8.85. The van der Waals surface area contributed by atoms with Gasteiger partial charge in [-0.25, -0.2) is 0 Å². The maximum absolute atomic E-state index is 11.9. The van der Waals surface area contributed by atoms with E-state index in [1.807, 2.05) is 50.5 Å². The van der Waals surface area contributed by atoms with Crippen molar-refractivity contribution >= 4 is 35.0 Å². The molecular formula is C18H21ClN2OS. The zero-order valence-corrected chi connectivity index (χ0v) is 15.0. The van der Waals surface area contributed by atoms with Gasteiger partial charge in [0.25, 0.3) is 0 Å². The van der Waals surface area contributed by atoms with Crippen LogP contribution < -0.4 is 10.2 Å². The quantitative estimate of drug-likeness (QED) is 0.822. The predicted octanol–water partition coefficient (Wildman–Crippen LogP) is 3.96. The van der Waals surface area contributed by atoms with Gasteiger partial charge in [-0.05, 0) is 35.4 Å². The van der Waals surface area contributed by atoms with Gasteiger partial charge in [-0.2, -0.15) is 0 Å². The number of hydrogen-bond acceptors (Lipinski definition) is 3. The molecule has 23 heavy (non-hydrogen) atoms. The molecule has 0 fully saturated rings. The Kier molecular flexibility index (Phi) is 6.81. The number of halogens is 1. The lowest BCUT2D eigenvalue weighted by Gasteiger charge is -2.13. The van der Waals surface area contributed by atoms with Crippen LogP contribution in [0.1, 0.15) is 11.1 Å². The van der Waals surface area contributed by atoms with Crippen molar-refractivity contribution in [2.45, 2.75) is 12.3 Å². The van der Waals surface area contributed by atoms with E-state index in [1.54, 1.807) is 11.8 Å². The number of carbonyl (C=O) groups excluding carboxylic acids is 1. The smallest absolute Gasteiger partial charge is 0.230 e. The van der Waals surface area contributed by atoms with E-state index in [2.05, 4.69) is 22.3 Å². The molecule has 0 heterocycles. The molecule has 0 atom stereocenters. The molecule has 1 amide bonds. The topological polar surface area (TPSA) is 32.3 Å². The Balaban J connectivity index is 1.69. The fourth-order valence-electron chi connectivity index (χ4n) is 2.01. The zero-order valence-electron chi connectivity index (χ0n) is 13.4. The minimum atomic E-state index is 0.0562. The minimum absolute atomic E-state index is 0.0562. The third kappa shape index (κ3) is 6.16. The van der Waals surface area contributed by atoms with E-state index in [0.29, 0.717) is 12.3 Å². The molecular weight excluding hydrogens is 328 g/mol. The molecule has 3 nitrogen and oxygen atoms in total. The Bertz CT molecular complexity index is 626. The van der Waals surface area contributed by atoms with Gasteiger partial charge in [0, 0.05) is 37.1 Å². The monoisotopic (exact) mass is 348 g/mol. The molecule has 2 rings (SSSR count). The van der Waals surface area contributed by atoms with Crippen LogP contribution in [0.2, 0.25) is 5.02 Å². The van der Waals surface area contributed by atoms with Gasteiger partial charge in [-0.1, -0.05) is 35.9 Å². The van der Waals surface area contributed by atoms with Crippen LogP contribution in [0.4, 0.5) is 5.69 Å². The van der Waals surface area contributed by atoms with Crippen LogP contribution in [0.3, 0.4) is 0 Å². The Hall–Kier alpha value is -1.65. The minimum Gasteiger partial charge on any atom is -0.378 e. The molecule has 122 valence electrons. The van der Waals surface area contributed by atoms with E-state index in [-0.39, 0.29) is 5.91 Å². The van der Waals surface area contributed by atoms with Gasteiger partial charge < -0.3 is 10.2 Å². The fraction of sp³-hybridized carbons (Fsp3) is 0.278. The van der Waals surface area contributed by atoms with Gasteiger partial charge in [0.15, 0.2) is 0 Å². The molecule has 0 saturated heterocycles. The summed E-state index contributed by atoms with van der Waals surface area (Å²) in [6.45, 7) is 0.564. The van der Waals surface area contributed by atoms with Crippen molar-refractivity contribution in [2.24, 2.45) is 0 Å². The maximum atomic E-state index is 11.9. The summed E-state index contributed by atoms with van der Waals surface area (Å²) in [6.07, 6.45) is 0. The molecule has 2 aromatic carbocycles. The number of nitrogens with zero attached hydrogens (tertiary/aromatic N) is 1. The first-order valence-electron chi connectivity index (χ1n) is 7.40. The van der Waals surface area contributed by atoms with Crippen molar-refractivity contribution in [3.63, 3.8) is 0 Å². The Labute approximate surface area is 147 Å².